The highest BCUT2D eigenvalue weighted by Crippen LogP contribution is 2.37. The molecule has 0 fully saturated rings. The maximum absolute atomic E-state index is 9.02. The molecule has 3 N–H and O–H groups in total. The van der Waals surface area contributed by atoms with Gasteiger partial charge >= 0.3 is 0 Å². The number of hydrogen-bond donors (Lipinski definition) is 2. The maximum Gasteiger partial charge on any atom is 0.138 e. The number of hydrogen-bond acceptors (Lipinski definition) is 4. The lowest BCUT2D eigenvalue weighted by Crippen LogP contribution is -2.16. The Labute approximate surface area is 93.6 Å². The standard InChI is InChI=1S/C10H14ClNO3/c1-14-7-3-4-8(15-2)10(11)9(7)6(12)5-13/h3-4,6,13H,5,12H2,1-2H3. The Morgan fingerprint density at radius 3 is 2.33 bits per heavy atom. The van der Waals surface area contributed by atoms with Crippen LogP contribution in [0.3, 0.4) is 0 Å². The Balaban J connectivity index is 3.29. The first-order chi connectivity index (χ1) is 7.15. The normalized spacial score (nSPS) is 12.3. The van der Waals surface area contributed by atoms with Crippen LogP contribution in [0.1, 0.15) is 11.6 Å². The molecular weight excluding hydrogens is 218 g/mol. The van der Waals surface area contributed by atoms with Crippen LogP contribution >= 0.6 is 11.6 Å². The summed E-state index contributed by atoms with van der Waals surface area (Å²) in [4.78, 5) is 0. The van der Waals surface area contributed by atoms with Crippen LogP contribution in [0.25, 0.3) is 0 Å². The quantitative estimate of drug-likeness (QED) is 0.821. The summed E-state index contributed by atoms with van der Waals surface area (Å²) in [6, 6.07) is 2.81. The second kappa shape index (κ2) is 5.21. The van der Waals surface area contributed by atoms with E-state index in [1.54, 1.807) is 12.1 Å². The average Bonchev–Trinajstić information content (AvgIpc) is 2.27. The lowest BCUT2D eigenvalue weighted by atomic mass is 10.1. The highest BCUT2D eigenvalue weighted by molar-refractivity contribution is 6.33. The Hall–Kier alpha value is -0.970. The van der Waals surface area contributed by atoms with E-state index >= 15 is 0 Å². The zero-order valence-corrected chi connectivity index (χ0v) is 9.41. The van der Waals surface area contributed by atoms with Crippen LogP contribution in [0.2, 0.25) is 5.02 Å². The Bertz CT molecular complexity index is 344. The average molecular weight is 232 g/mol. The van der Waals surface area contributed by atoms with Gasteiger partial charge in [-0.15, -0.1) is 0 Å². The zero-order chi connectivity index (χ0) is 11.4. The molecule has 0 aliphatic carbocycles. The van der Waals surface area contributed by atoms with E-state index in [1.807, 2.05) is 0 Å². The van der Waals surface area contributed by atoms with Crippen molar-refractivity contribution in [2.75, 3.05) is 20.8 Å². The summed E-state index contributed by atoms with van der Waals surface area (Å²) < 4.78 is 10.2. The van der Waals surface area contributed by atoms with Crippen molar-refractivity contribution in [3.05, 3.63) is 22.7 Å². The fourth-order valence-corrected chi connectivity index (χ4v) is 1.70. The molecule has 0 radical (unpaired) electrons. The van der Waals surface area contributed by atoms with E-state index in [1.165, 1.54) is 14.2 Å². The molecule has 84 valence electrons. The monoisotopic (exact) mass is 231 g/mol. The van der Waals surface area contributed by atoms with Gasteiger partial charge in [0.15, 0.2) is 0 Å². The zero-order valence-electron chi connectivity index (χ0n) is 8.66. The number of halogens is 1. The molecule has 0 aromatic heterocycles. The first-order valence-corrected chi connectivity index (χ1v) is 4.80. The molecule has 0 bridgehead atoms. The van der Waals surface area contributed by atoms with Crippen molar-refractivity contribution in [1.29, 1.82) is 0 Å². The summed E-state index contributed by atoms with van der Waals surface area (Å²) in [5.41, 5.74) is 6.28. The van der Waals surface area contributed by atoms with Crippen molar-refractivity contribution in [2.45, 2.75) is 6.04 Å². The number of nitrogens with two attached hydrogens (primary N) is 1. The molecule has 0 heterocycles. The van der Waals surface area contributed by atoms with Crippen LogP contribution in [0.5, 0.6) is 11.5 Å². The molecule has 1 unspecified atom stereocenters. The molecular formula is C10H14ClNO3. The third kappa shape index (κ3) is 2.34. The van der Waals surface area contributed by atoms with E-state index < -0.39 is 6.04 Å². The summed E-state index contributed by atoms with van der Waals surface area (Å²) in [6.07, 6.45) is 0. The van der Waals surface area contributed by atoms with Gasteiger partial charge in [-0.3, -0.25) is 0 Å². The van der Waals surface area contributed by atoms with Crippen LogP contribution in [0.4, 0.5) is 0 Å². The first kappa shape index (κ1) is 12.1. The summed E-state index contributed by atoms with van der Waals surface area (Å²) in [5.74, 6) is 1.05. The van der Waals surface area contributed by atoms with Crippen molar-refractivity contribution in [2.24, 2.45) is 5.73 Å². The fraction of sp³-hybridized carbons (Fsp3) is 0.400. The molecule has 1 rings (SSSR count). The SMILES string of the molecule is COc1ccc(OC)c(C(N)CO)c1Cl. The molecule has 5 heteroatoms. The Morgan fingerprint density at radius 1 is 1.33 bits per heavy atom. The second-order valence-electron chi connectivity index (χ2n) is 2.99. The fourth-order valence-electron chi connectivity index (χ4n) is 1.33. The van der Waals surface area contributed by atoms with E-state index in [0.29, 0.717) is 22.1 Å². The van der Waals surface area contributed by atoms with Crippen molar-refractivity contribution >= 4 is 11.6 Å². The van der Waals surface area contributed by atoms with Gasteiger partial charge in [0.25, 0.3) is 0 Å². The van der Waals surface area contributed by atoms with Gasteiger partial charge in [-0.1, -0.05) is 11.6 Å². The third-order valence-corrected chi connectivity index (χ3v) is 2.50. The van der Waals surface area contributed by atoms with E-state index in [9.17, 15) is 0 Å². The summed E-state index contributed by atoms with van der Waals surface area (Å²) in [6.45, 7) is -0.205. The van der Waals surface area contributed by atoms with Crippen molar-refractivity contribution in [3.63, 3.8) is 0 Å². The molecule has 0 spiro atoms. The Kier molecular flexibility index (Phi) is 4.20. The van der Waals surface area contributed by atoms with Crippen LogP contribution in [-0.2, 0) is 0 Å². The largest absolute Gasteiger partial charge is 0.496 e. The van der Waals surface area contributed by atoms with Crippen molar-refractivity contribution < 1.29 is 14.6 Å². The highest BCUT2D eigenvalue weighted by Gasteiger charge is 2.18. The highest BCUT2D eigenvalue weighted by atomic mass is 35.5. The summed E-state index contributed by atoms with van der Waals surface area (Å²) in [7, 11) is 3.04. The van der Waals surface area contributed by atoms with E-state index in [2.05, 4.69) is 0 Å². The lowest BCUT2D eigenvalue weighted by Gasteiger charge is -2.17. The first-order valence-electron chi connectivity index (χ1n) is 4.42. The topological polar surface area (TPSA) is 64.7 Å². The maximum atomic E-state index is 9.02. The van der Waals surface area contributed by atoms with E-state index in [4.69, 9.17) is 31.9 Å². The summed E-state index contributed by atoms with van der Waals surface area (Å²) >= 11 is 6.07. The van der Waals surface area contributed by atoms with E-state index in [0.717, 1.165) is 0 Å². The molecule has 0 saturated carbocycles. The molecule has 1 atom stereocenters. The molecule has 0 aliphatic heterocycles. The molecule has 15 heavy (non-hydrogen) atoms. The number of benzene rings is 1. The van der Waals surface area contributed by atoms with Gasteiger partial charge in [-0.05, 0) is 12.1 Å². The summed E-state index contributed by atoms with van der Waals surface area (Å²) in [5, 5.41) is 9.39. The Morgan fingerprint density at radius 2 is 1.87 bits per heavy atom. The number of aliphatic hydroxyl groups excluding tert-OH is 1. The van der Waals surface area contributed by atoms with Gasteiger partial charge < -0.3 is 20.3 Å². The number of rotatable bonds is 4. The van der Waals surface area contributed by atoms with E-state index in [-0.39, 0.29) is 6.61 Å². The molecule has 1 aromatic carbocycles. The van der Waals surface area contributed by atoms with Gasteiger partial charge in [-0.25, -0.2) is 0 Å². The number of methoxy groups -OCH3 is 2. The minimum absolute atomic E-state index is 0.205. The second-order valence-corrected chi connectivity index (χ2v) is 3.36. The van der Waals surface area contributed by atoms with Gasteiger partial charge in [0.2, 0.25) is 0 Å². The molecule has 4 nitrogen and oxygen atoms in total. The molecule has 0 amide bonds. The van der Waals surface area contributed by atoms with Crippen LogP contribution in [0.15, 0.2) is 12.1 Å². The minimum Gasteiger partial charge on any atom is -0.496 e. The van der Waals surface area contributed by atoms with Crippen LogP contribution in [-0.4, -0.2) is 25.9 Å². The molecule has 0 saturated heterocycles. The van der Waals surface area contributed by atoms with Gasteiger partial charge in [0.05, 0.1) is 31.9 Å². The smallest absolute Gasteiger partial charge is 0.138 e. The van der Waals surface area contributed by atoms with Gasteiger partial charge in [-0.2, -0.15) is 0 Å². The van der Waals surface area contributed by atoms with Crippen LogP contribution < -0.4 is 15.2 Å². The predicted molar refractivity (Wildman–Crippen MR) is 58.6 cm³/mol. The van der Waals surface area contributed by atoms with Gasteiger partial charge in [0.1, 0.15) is 11.5 Å². The van der Waals surface area contributed by atoms with Gasteiger partial charge in [0, 0.05) is 5.56 Å². The van der Waals surface area contributed by atoms with Crippen molar-refractivity contribution in [3.8, 4) is 11.5 Å². The molecule has 0 aliphatic rings. The van der Waals surface area contributed by atoms with Crippen LogP contribution in [0, 0.1) is 0 Å². The number of ether oxygens (including phenoxy) is 2. The predicted octanol–water partition coefficient (Wildman–Crippen LogP) is 1.35. The third-order valence-electron chi connectivity index (χ3n) is 2.11. The lowest BCUT2D eigenvalue weighted by molar-refractivity contribution is 0.264. The van der Waals surface area contributed by atoms with Crippen molar-refractivity contribution in [1.82, 2.24) is 0 Å². The minimum atomic E-state index is -0.581. The molecule has 1 aromatic rings. The number of aliphatic hydroxyl groups is 1.